The van der Waals surface area contributed by atoms with Crippen LogP contribution in [-0.4, -0.2) is 44.3 Å². The molecule has 0 spiro atoms. The first-order chi connectivity index (χ1) is 14.3. The standard InChI is InChI=1S/C20H20F2N2O5S/c21-17-7-6-16(12-18(17)22)30(27,28)24-10-8-14(9-11-24)20(26)29-13-19(25)23-15-4-2-1-3-5-15/h1-7,12,14H,8-11,13H2,(H,23,25). The maximum absolute atomic E-state index is 13.4. The fourth-order valence-electron chi connectivity index (χ4n) is 3.09. The first-order valence-corrected chi connectivity index (χ1v) is 10.7. The number of nitrogens with one attached hydrogen (secondary N) is 1. The monoisotopic (exact) mass is 438 g/mol. The molecule has 0 bridgehead atoms. The number of amides is 1. The lowest BCUT2D eigenvalue weighted by atomic mass is 9.98. The summed E-state index contributed by atoms with van der Waals surface area (Å²) in [4.78, 5) is 23.7. The van der Waals surface area contributed by atoms with E-state index in [1.165, 1.54) is 0 Å². The molecule has 0 atom stereocenters. The summed E-state index contributed by atoms with van der Waals surface area (Å²) in [6.45, 7) is -0.393. The van der Waals surface area contributed by atoms with Crippen LogP contribution in [0.1, 0.15) is 12.8 Å². The van der Waals surface area contributed by atoms with Crippen molar-refractivity contribution in [2.24, 2.45) is 5.92 Å². The van der Waals surface area contributed by atoms with Gasteiger partial charge in [0.2, 0.25) is 10.0 Å². The van der Waals surface area contributed by atoms with E-state index < -0.39 is 46.1 Å². The zero-order valence-electron chi connectivity index (χ0n) is 15.9. The van der Waals surface area contributed by atoms with Gasteiger partial charge >= 0.3 is 5.97 Å². The molecular weight excluding hydrogens is 418 g/mol. The van der Waals surface area contributed by atoms with Gasteiger partial charge in [-0.05, 0) is 43.2 Å². The number of benzene rings is 2. The van der Waals surface area contributed by atoms with Crippen molar-refractivity contribution in [1.82, 2.24) is 4.31 Å². The number of ether oxygens (including phenoxy) is 1. The number of para-hydroxylation sites is 1. The van der Waals surface area contributed by atoms with Gasteiger partial charge < -0.3 is 10.1 Å². The van der Waals surface area contributed by atoms with Crippen LogP contribution in [0.3, 0.4) is 0 Å². The van der Waals surface area contributed by atoms with Crippen LogP contribution >= 0.6 is 0 Å². The van der Waals surface area contributed by atoms with Crippen molar-refractivity contribution in [2.45, 2.75) is 17.7 Å². The van der Waals surface area contributed by atoms with Crippen LogP contribution in [0.4, 0.5) is 14.5 Å². The van der Waals surface area contributed by atoms with Gasteiger partial charge in [0.05, 0.1) is 10.8 Å². The maximum Gasteiger partial charge on any atom is 0.309 e. The number of hydrogen-bond donors (Lipinski definition) is 1. The molecule has 1 saturated heterocycles. The van der Waals surface area contributed by atoms with Gasteiger partial charge in [0.25, 0.3) is 5.91 Å². The number of carbonyl (C=O) groups is 2. The minimum Gasteiger partial charge on any atom is -0.455 e. The number of piperidine rings is 1. The van der Waals surface area contributed by atoms with Gasteiger partial charge in [0, 0.05) is 18.8 Å². The molecule has 1 fully saturated rings. The summed E-state index contributed by atoms with van der Waals surface area (Å²) in [5.74, 6) is -3.99. The fraction of sp³-hybridized carbons (Fsp3) is 0.300. The van der Waals surface area contributed by atoms with Crippen molar-refractivity contribution < 1.29 is 31.5 Å². The molecule has 3 rings (SSSR count). The summed E-state index contributed by atoms with van der Waals surface area (Å²) >= 11 is 0. The Morgan fingerprint density at radius 2 is 1.70 bits per heavy atom. The molecule has 1 aliphatic rings. The smallest absolute Gasteiger partial charge is 0.309 e. The van der Waals surface area contributed by atoms with Crippen molar-refractivity contribution in [3.63, 3.8) is 0 Å². The fourth-order valence-corrected chi connectivity index (χ4v) is 4.57. The lowest BCUT2D eigenvalue weighted by molar-refractivity contribution is -0.152. The predicted octanol–water partition coefficient (Wildman–Crippen LogP) is 2.55. The van der Waals surface area contributed by atoms with Gasteiger partial charge in [-0.1, -0.05) is 18.2 Å². The Kier molecular flexibility index (Phi) is 6.78. The highest BCUT2D eigenvalue weighted by Gasteiger charge is 2.33. The van der Waals surface area contributed by atoms with E-state index in [2.05, 4.69) is 5.32 Å². The van der Waals surface area contributed by atoms with Gasteiger partial charge in [-0.25, -0.2) is 17.2 Å². The summed E-state index contributed by atoms with van der Waals surface area (Å²) in [5, 5.41) is 2.59. The van der Waals surface area contributed by atoms with E-state index in [4.69, 9.17) is 4.74 Å². The third kappa shape index (κ3) is 5.19. The first kappa shape index (κ1) is 21.8. The topological polar surface area (TPSA) is 92.8 Å². The molecule has 2 aromatic rings. The summed E-state index contributed by atoms with van der Waals surface area (Å²) in [5.41, 5.74) is 0.578. The van der Waals surface area contributed by atoms with E-state index in [9.17, 15) is 26.8 Å². The molecule has 0 saturated carbocycles. The van der Waals surface area contributed by atoms with Crippen molar-refractivity contribution in [3.05, 3.63) is 60.2 Å². The van der Waals surface area contributed by atoms with Gasteiger partial charge in [-0.3, -0.25) is 9.59 Å². The van der Waals surface area contributed by atoms with Crippen LogP contribution < -0.4 is 5.32 Å². The van der Waals surface area contributed by atoms with E-state index in [1.807, 2.05) is 0 Å². The average molecular weight is 438 g/mol. The molecule has 0 aliphatic carbocycles. The molecule has 30 heavy (non-hydrogen) atoms. The van der Waals surface area contributed by atoms with Crippen molar-refractivity contribution >= 4 is 27.6 Å². The van der Waals surface area contributed by atoms with Gasteiger partial charge in [-0.15, -0.1) is 0 Å². The third-order valence-electron chi connectivity index (χ3n) is 4.72. The minimum absolute atomic E-state index is 0.0251. The predicted molar refractivity (Wildman–Crippen MR) is 104 cm³/mol. The molecule has 0 aromatic heterocycles. The molecule has 7 nitrogen and oxygen atoms in total. The number of nitrogens with zero attached hydrogens (tertiary/aromatic N) is 1. The van der Waals surface area contributed by atoms with E-state index in [0.29, 0.717) is 11.8 Å². The lowest BCUT2D eigenvalue weighted by Gasteiger charge is -2.30. The molecular formula is C20H20F2N2O5S. The zero-order valence-corrected chi connectivity index (χ0v) is 16.7. The molecule has 10 heteroatoms. The van der Waals surface area contributed by atoms with Crippen LogP contribution in [0.15, 0.2) is 53.4 Å². The van der Waals surface area contributed by atoms with Crippen molar-refractivity contribution in [1.29, 1.82) is 0 Å². The molecule has 1 heterocycles. The molecule has 1 aliphatic heterocycles. The van der Waals surface area contributed by atoms with Crippen LogP contribution in [-0.2, 0) is 24.3 Å². The summed E-state index contributed by atoms with van der Waals surface area (Å²) in [6, 6.07) is 11.1. The van der Waals surface area contributed by atoms with Crippen LogP contribution in [0, 0.1) is 17.6 Å². The van der Waals surface area contributed by atoms with E-state index in [1.54, 1.807) is 30.3 Å². The van der Waals surface area contributed by atoms with Gasteiger partial charge in [-0.2, -0.15) is 4.31 Å². The Balaban J connectivity index is 1.50. The Morgan fingerprint density at radius 1 is 1.03 bits per heavy atom. The maximum atomic E-state index is 13.4. The van der Waals surface area contributed by atoms with Crippen molar-refractivity contribution in [3.8, 4) is 0 Å². The molecule has 160 valence electrons. The zero-order chi connectivity index (χ0) is 21.7. The highest BCUT2D eigenvalue weighted by Crippen LogP contribution is 2.25. The average Bonchev–Trinajstić information content (AvgIpc) is 2.74. The quantitative estimate of drug-likeness (QED) is 0.700. The SMILES string of the molecule is O=C(COC(=O)C1CCN(S(=O)(=O)c2ccc(F)c(F)c2)CC1)Nc1ccccc1. The van der Waals surface area contributed by atoms with E-state index in [-0.39, 0.29) is 30.8 Å². The lowest BCUT2D eigenvalue weighted by Crippen LogP contribution is -2.41. The Morgan fingerprint density at radius 3 is 2.33 bits per heavy atom. The molecule has 0 radical (unpaired) electrons. The number of sulfonamides is 1. The number of halogens is 2. The number of carbonyl (C=O) groups excluding carboxylic acids is 2. The summed E-state index contributed by atoms with van der Waals surface area (Å²) in [6.07, 6.45) is 0.393. The Bertz CT molecular complexity index is 1020. The van der Waals surface area contributed by atoms with E-state index >= 15 is 0 Å². The largest absolute Gasteiger partial charge is 0.455 e. The highest BCUT2D eigenvalue weighted by molar-refractivity contribution is 7.89. The molecule has 1 amide bonds. The summed E-state index contributed by atoms with van der Waals surface area (Å²) < 4.78 is 57.8. The number of anilines is 1. The number of hydrogen-bond acceptors (Lipinski definition) is 5. The second-order valence-corrected chi connectivity index (χ2v) is 8.71. The van der Waals surface area contributed by atoms with E-state index in [0.717, 1.165) is 16.4 Å². The van der Waals surface area contributed by atoms with Crippen LogP contribution in [0.5, 0.6) is 0 Å². The Labute approximate surface area is 172 Å². The summed E-state index contributed by atoms with van der Waals surface area (Å²) in [7, 11) is -4.00. The number of esters is 1. The van der Waals surface area contributed by atoms with Crippen LogP contribution in [0.2, 0.25) is 0 Å². The van der Waals surface area contributed by atoms with Gasteiger partial charge in [0.15, 0.2) is 18.2 Å². The normalized spacial score (nSPS) is 15.5. The molecule has 1 N–H and O–H groups in total. The number of rotatable bonds is 6. The second kappa shape index (κ2) is 9.31. The Hall–Kier alpha value is -2.85. The highest BCUT2D eigenvalue weighted by atomic mass is 32.2. The van der Waals surface area contributed by atoms with Crippen LogP contribution in [0.25, 0.3) is 0 Å². The minimum atomic E-state index is -4.00. The second-order valence-electron chi connectivity index (χ2n) is 6.78. The first-order valence-electron chi connectivity index (χ1n) is 9.24. The van der Waals surface area contributed by atoms with Gasteiger partial charge in [0.1, 0.15) is 0 Å². The third-order valence-corrected chi connectivity index (χ3v) is 6.61. The molecule has 0 unspecified atom stereocenters. The van der Waals surface area contributed by atoms with Crippen molar-refractivity contribution in [2.75, 3.05) is 25.0 Å². The molecule has 2 aromatic carbocycles.